The monoisotopic (exact) mass is 383 g/mol. The highest BCUT2D eigenvalue weighted by atomic mass is 32.1. The number of aromatic nitrogens is 3. The molecule has 27 heavy (non-hydrogen) atoms. The van der Waals surface area contributed by atoms with E-state index in [1.54, 1.807) is 16.2 Å². The molecule has 0 bridgehead atoms. The van der Waals surface area contributed by atoms with Gasteiger partial charge in [-0.15, -0.1) is 11.3 Å². The topological polar surface area (TPSA) is 84.2 Å². The van der Waals surface area contributed by atoms with Crippen LogP contribution in [0.25, 0.3) is 0 Å². The number of nitrogens with one attached hydrogen (secondary N) is 1. The van der Waals surface area contributed by atoms with Crippen LogP contribution in [0.2, 0.25) is 0 Å². The third kappa shape index (κ3) is 4.51. The Morgan fingerprint density at radius 1 is 1.30 bits per heavy atom. The first-order chi connectivity index (χ1) is 13.2. The highest BCUT2D eigenvalue weighted by Crippen LogP contribution is 2.38. The van der Waals surface area contributed by atoms with Crippen molar-refractivity contribution in [3.05, 3.63) is 63.7 Å². The predicted molar refractivity (Wildman–Crippen MR) is 101 cm³/mol. The number of hydrogen-bond acceptors (Lipinski definition) is 6. The van der Waals surface area contributed by atoms with Gasteiger partial charge in [0.25, 0.3) is 0 Å². The van der Waals surface area contributed by atoms with Crippen LogP contribution in [0.15, 0.2) is 40.4 Å². The van der Waals surface area contributed by atoms with Crippen LogP contribution in [-0.2, 0) is 19.6 Å². The Kier molecular flexibility index (Phi) is 5.15. The van der Waals surface area contributed by atoms with Crippen molar-refractivity contribution in [3.63, 3.8) is 0 Å². The highest BCUT2D eigenvalue weighted by molar-refractivity contribution is 7.09. The molecule has 3 aromatic rings. The summed E-state index contributed by atoms with van der Waals surface area (Å²) in [6.07, 6.45) is 2.21. The van der Waals surface area contributed by atoms with Gasteiger partial charge >= 0.3 is 6.03 Å². The molecule has 0 atom stereocenters. The summed E-state index contributed by atoms with van der Waals surface area (Å²) in [5, 5.41) is 6.87. The van der Waals surface area contributed by atoms with Crippen LogP contribution in [0, 0.1) is 6.92 Å². The molecule has 1 N–H and O–H groups in total. The number of carbonyl (C=O) groups excluding carboxylic acids is 1. The number of benzene rings is 1. The van der Waals surface area contributed by atoms with E-state index in [9.17, 15) is 4.79 Å². The Bertz CT molecular complexity index is 904. The Morgan fingerprint density at radius 3 is 2.81 bits per heavy atom. The molecule has 0 unspecified atom stereocenters. The molecular weight excluding hydrogens is 362 g/mol. The van der Waals surface area contributed by atoms with Crippen molar-refractivity contribution in [2.45, 2.75) is 45.3 Å². The van der Waals surface area contributed by atoms with Crippen molar-refractivity contribution in [1.82, 2.24) is 25.3 Å². The van der Waals surface area contributed by atoms with Crippen LogP contribution in [0.3, 0.4) is 0 Å². The Balaban J connectivity index is 1.42. The summed E-state index contributed by atoms with van der Waals surface area (Å²) in [4.78, 5) is 24.3. The van der Waals surface area contributed by atoms with Gasteiger partial charge in [0.2, 0.25) is 5.89 Å². The van der Waals surface area contributed by atoms with E-state index >= 15 is 0 Å². The van der Waals surface area contributed by atoms with Crippen LogP contribution in [0.1, 0.15) is 46.6 Å². The number of thiazole rings is 1. The fraction of sp³-hybridized carbons (Fsp3) is 0.368. The lowest BCUT2D eigenvalue weighted by molar-refractivity contribution is 0.192. The molecule has 1 aliphatic rings. The molecule has 2 heterocycles. The molecule has 0 spiro atoms. The van der Waals surface area contributed by atoms with E-state index in [1.807, 2.05) is 42.8 Å². The molecule has 8 heteroatoms. The minimum absolute atomic E-state index is 0.163. The van der Waals surface area contributed by atoms with E-state index in [0.717, 1.165) is 29.0 Å². The summed E-state index contributed by atoms with van der Waals surface area (Å²) in [5.74, 6) is 1.60. The third-order valence-electron chi connectivity index (χ3n) is 4.49. The van der Waals surface area contributed by atoms with Gasteiger partial charge in [-0.05, 0) is 25.3 Å². The van der Waals surface area contributed by atoms with Crippen LogP contribution < -0.4 is 5.32 Å². The zero-order valence-electron chi connectivity index (χ0n) is 15.1. The van der Waals surface area contributed by atoms with Crippen LogP contribution in [0.5, 0.6) is 0 Å². The van der Waals surface area contributed by atoms with Gasteiger partial charge in [-0.3, -0.25) is 0 Å². The molecule has 2 amide bonds. The standard InChI is InChI=1S/C19H21N5O2S/c1-13-16(27-12-21-13)11-24(10-14-5-3-2-4-6-14)19(25)20-9-17-22-18(26-23-17)15-7-8-15/h2-6,12,15H,7-11H2,1H3,(H,20,25). The second kappa shape index (κ2) is 7.87. The molecule has 0 saturated heterocycles. The molecule has 7 nitrogen and oxygen atoms in total. The van der Waals surface area contributed by atoms with Gasteiger partial charge in [-0.2, -0.15) is 4.98 Å². The number of amides is 2. The fourth-order valence-electron chi connectivity index (χ4n) is 2.76. The molecule has 1 aliphatic carbocycles. The summed E-state index contributed by atoms with van der Waals surface area (Å²) in [6.45, 7) is 3.24. The van der Waals surface area contributed by atoms with Gasteiger partial charge in [0.1, 0.15) is 0 Å². The number of carbonyl (C=O) groups is 1. The second-order valence-electron chi connectivity index (χ2n) is 6.68. The lowest BCUT2D eigenvalue weighted by Crippen LogP contribution is -2.38. The SMILES string of the molecule is Cc1ncsc1CN(Cc1ccccc1)C(=O)NCc1noc(C2CC2)n1. The third-order valence-corrected chi connectivity index (χ3v) is 5.41. The Labute approximate surface area is 161 Å². The molecule has 2 aromatic heterocycles. The number of nitrogens with zero attached hydrogens (tertiary/aromatic N) is 4. The smallest absolute Gasteiger partial charge is 0.318 e. The normalized spacial score (nSPS) is 13.5. The first kappa shape index (κ1) is 17.7. The number of hydrogen-bond donors (Lipinski definition) is 1. The van der Waals surface area contributed by atoms with Crippen LogP contribution >= 0.6 is 11.3 Å². The minimum atomic E-state index is -0.163. The van der Waals surface area contributed by atoms with Gasteiger partial charge in [-0.25, -0.2) is 9.78 Å². The summed E-state index contributed by atoms with van der Waals surface area (Å²) in [5.41, 5.74) is 3.84. The second-order valence-corrected chi connectivity index (χ2v) is 7.62. The van der Waals surface area contributed by atoms with Crippen LogP contribution in [-0.4, -0.2) is 26.1 Å². The van der Waals surface area contributed by atoms with E-state index in [2.05, 4.69) is 20.4 Å². The highest BCUT2D eigenvalue weighted by Gasteiger charge is 2.29. The first-order valence-corrected chi connectivity index (χ1v) is 9.85. The predicted octanol–water partition coefficient (Wildman–Crippen LogP) is 3.62. The number of urea groups is 1. The molecule has 4 rings (SSSR count). The van der Waals surface area contributed by atoms with Crippen LogP contribution in [0.4, 0.5) is 4.79 Å². The average Bonchev–Trinajstić information content (AvgIpc) is 3.29. The summed E-state index contributed by atoms with van der Waals surface area (Å²) in [7, 11) is 0. The molecule has 140 valence electrons. The van der Waals surface area contributed by atoms with E-state index in [4.69, 9.17) is 4.52 Å². The maximum absolute atomic E-state index is 12.8. The Morgan fingerprint density at radius 2 is 2.11 bits per heavy atom. The Hall–Kier alpha value is -2.74. The van der Waals surface area contributed by atoms with Crippen molar-refractivity contribution in [2.24, 2.45) is 0 Å². The van der Waals surface area contributed by atoms with Gasteiger partial charge in [0.15, 0.2) is 5.82 Å². The molecule has 1 aromatic carbocycles. The quantitative estimate of drug-likeness (QED) is 0.673. The van der Waals surface area contributed by atoms with Gasteiger partial charge in [0, 0.05) is 17.3 Å². The van der Waals surface area contributed by atoms with Gasteiger partial charge in [-0.1, -0.05) is 35.5 Å². The molecule has 0 radical (unpaired) electrons. The maximum atomic E-state index is 12.8. The lowest BCUT2D eigenvalue weighted by Gasteiger charge is -2.22. The molecular formula is C19H21N5O2S. The van der Waals surface area contributed by atoms with Crippen molar-refractivity contribution < 1.29 is 9.32 Å². The fourth-order valence-corrected chi connectivity index (χ4v) is 3.55. The van der Waals surface area contributed by atoms with Gasteiger partial charge in [0.05, 0.1) is 24.3 Å². The minimum Gasteiger partial charge on any atom is -0.339 e. The van der Waals surface area contributed by atoms with Crippen molar-refractivity contribution in [3.8, 4) is 0 Å². The summed E-state index contributed by atoms with van der Waals surface area (Å²) in [6, 6.07) is 9.78. The molecule has 0 aliphatic heterocycles. The van der Waals surface area contributed by atoms with E-state index in [1.165, 1.54) is 0 Å². The maximum Gasteiger partial charge on any atom is 0.318 e. The van der Waals surface area contributed by atoms with Crippen molar-refractivity contribution in [2.75, 3.05) is 0 Å². The summed E-state index contributed by atoms with van der Waals surface area (Å²) < 4.78 is 5.25. The number of aryl methyl sites for hydroxylation is 1. The molecule has 1 fully saturated rings. The van der Waals surface area contributed by atoms with Gasteiger partial charge < -0.3 is 14.7 Å². The largest absolute Gasteiger partial charge is 0.339 e. The number of rotatable bonds is 7. The zero-order valence-corrected chi connectivity index (χ0v) is 15.9. The zero-order chi connectivity index (χ0) is 18.6. The average molecular weight is 383 g/mol. The molecule has 1 saturated carbocycles. The first-order valence-electron chi connectivity index (χ1n) is 8.97. The van der Waals surface area contributed by atoms with Crippen molar-refractivity contribution >= 4 is 17.4 Å². The van der Waals surface area contributed by atoms with E-state index < -0.39 is 0 Å². The lowest BCUT2D eigenvalue weighted by atomic mass is 10.2. The van der Waals surface area contributed by atoms with Crippen molar-refractivity contribution in [1.29, 1.82) is 0 Å². The van der Waals surface area contributed by atoms with E-state index in [-0.39, 0.29) is 12.6 Å². The summed E-state index contributed by atoms with van der Waals surface area (Å²) >= 11 is 1.56. The van der Waals surface area contributed by atoms with E-state index in [0.29, 0.717) is 30.7 Å².